The van der Waals surface area contributed by atoms with Gasteiger partial charge in [0.15, 0.2) is 0 Å². The van der Waals surface area contributed by atoms with Gasteiger partial charge in [-0.2, -0.15) is 0 Å². The van der Waals surface area contributed by atoms with E-state index in [2.05, 4.69) is 17.6 Å². The molecule has 0 unspecified atom stereocenters. The maximum absolute atomic E-state index is 10.5. The highest BCUT2D eigenvalue weighted by Crippen LogP contribution is 2.13. The number of unbranched alkanes of at least 4 members (excludes halogenated alkanes) is 15. The van der Waals surface area contributed by atoms with E-state index in [0.29, 0.717) is 0 Å². The van der Waals surface area contributed by atoms with Crippen LogP contribution in [0.2, 0.25) is 0 Å². The predicted octanol–water partition coefficient (Wildman–Crippen LogP) is 5.51. The Hall–Kier alpha value is -0.770. The molecular formula is C21H45N3O. The van der Waals surface area contributed by atoms with E-state index in [1.54, 1.807) is 0 Å². The molecule has 4 N–H and O–H groups in total. The number of nitrogens with two attached hydrogens (primary N) is 1. The van der Waals surface area contributed by atoms with E-state index in [1.165, 1.54) is 109 Å². The summed E-state index contributed by atoms with van der Waals surface area (Å²) in [6, 6.07) is -0.402. The third-order valence-corrected chi connectivity index (χ3v) is 4.58. The summed E-state index contributed by atoms with van der Waals surface area (Å²) in [5, 5.41) is 5.63. The zero-order valence-electron chi connectivity index (χ0n) is 16.9. The first-order valence-electron chi connectivity index (χ1n) is 11.0. The summed E-state index contributed by atoms with van der Waals surface area (Å²) < 4.78 is 0. The summed E-state index contributed by atoms with van der Waals surface area (Å²) in [5.41, 5.74) is 5.01. The molecule has 0 aliphatic carbocycles. The van der Waals surface area contributed by atoms with Crippen LogP contribution in [0.3, 0.4) is 0 Å². The summed E-state index contributed by atoms with van der Waals surface area (Å²) in [7, 11) is 0. The number of amides is 2. The van der Waals surface area contributed by atoms with Crippen LogP contribution in [0.4, 0.5) is 4.79 Å². The number of rotatable bonds is 17. The molecule has 1 aliphatic rings. The fourth-order valence-corrected chi connectivity index (χ4v) is 2.88. The molecule has 0 radical (unpaired) electrons. The molecule has 25 heavy (non-hydrogen) atoms. The SMILES string of the molecule is C1CN1.CCCCCCCCCCCCCCCCCCNC(N)=O. The molecule has 4 heteroatoms. The van der Waals surface area contributed by atoms with Crippen molar-refractivity contribution in [3.8, 4) is 0 Å². The molecule has 0 bridgehead atoms. The molecular weight excluding hydrogens is 310 g/mol. The van der Waals surface area contributed by atoms with Gasteiger partial charge in [0.05, 0.1) is 0 Å². The Balaban J connectivity index is 0.00000171. The normalized spacial score (nSPS) is 12.4. The Morgan fingerprint density at radius 1 is 0.720 bits per heavy atom. The lowest BCUT2D eigenvalue weighted by atomic mass is 10.0. The summed E-state index contributed by atoms with van der Waals surface area (Å²) in [4.78, 5) is 10.5. The molecule has 0 spiro atoms. The van der Waals surface area contributed by atoms with Gasteiger partial charge >= 0.3 is 6.03 Å². The van der Waals surface area contributed by atoms with E-state index in [0.717, 1.165) is 13.0 Å². The molecule has 1 fully saturated rings. The average Bonchev–Trinajstić information content (AvgIpc) is 3.46. The quantitative estimate of drug-likeness (QED) is 0.238. The van der Waals surface area contributed by atoms with Gasteiger partial charge in [-0.15, -0.1) is 0 Å². The molecule has 0 aromatic rings. The molecule has 0 saturated carbocycles. The van der Waals surface area contributed by atoms with Crippen LogP contribution in [0.25, 0.3) is 0 Å². The topological polar surface area (TPSA) is 77.1 Å². The second-order valence-corrected chi connectivity index (χ2v) is 7.34. The molecule has 1 saturated heterocycles. The molecule has 0 aromatic heterocycles. The first kappa shape index (κ1) is 24.2. The predicted molar refractivity (Wildman–Crippen MR) is 110 cm³/mol. The van der Waals surface area contributed by atoms with Crippen LogP contribution in [0.5, 0.6) is 0 Å². The van der Waals surface area contributed by atoms with Crippen molar-refractivity contribution in [3.63, 3.8) is 0 Å². The Morgan fingerprint density at radius 3 is 1.32 bits per heavy atom. The Labute approximate surface area is 157 Å². The maximum Gasteiger partial charge on any atom is 0.312 e. The van der Waals surface area contributed by atoms with E-state index in [-0.39, 0.29) is 0 Å². The highest BCUT2D eigenvalue weighted by molar-refractivity contribution is 5.71. The second kappa shape index (κ2) is 21.3. The number of primary amides is 1. The van der Waals surface area contributed by atoms with E-state index >= 15 is 0 Å². The van der Waals surface area contributed by atoms with Crippen molar-refractivity contribution in [2.24, 2.45) is 5.73 Å². The van der Waals surface area contributed by atoms with Crippen molar-refractivity contribution in [1.82, 2.24) is 10.6 Å². The van der Waals surface area contributed by atoms with Crippen LogP contribution in [-0.2, 0) is 0 Å². The fourth-order valence-electron chi connectivity index (χ4n) is 2.88. The number of hydrogen-bond donors (Lipinski definition) is 3. The number of hydrogen-bond acceptors (Lipinski definition) is 2. The first-order valence-corrected chi connectivity index (χ1v) is 11.0. The zero-order chi connectivity index (χ0) is 18.4. The van der Waals surface area contributed by atoms with Crippen LogP contribution in [0, 0.1) is 0 Å². The van der Waals surface area contributed by atoms with Gasteiger partial charge in [0, 0.05) is 19.6 Å². The Bertz CT molecular complexity index is 267. The van der Waals surface area contributed by atoms with Crippen LogP contribution >= 0.6 is 0 Å². The molecule has 0 aromatic carbocycles. The summed E-state index contributed by atoms with van der Waals surface area (Å²) >= 11 is 0. The van der Waals surface area contributed by atoms with Gasteiger partial charge in [0.2, 0.25) is 0 Å². The molecule has 4 nitrogen and oxygen atoms in total. The van der Waals surface area contributed by atoms with E-state index < -0.39 is 6.03 Å². The van der Waals surface area contributed by atoms with Gasteiger partial charge < -0.3 is 16.4 Å². The zero-order valence-corrected chi connectivity index (χ0v) is 16.9. The summed E-state index contributed by atoms with van der Waals surface area (Å²) in [5.74, 6) is 0. The average molecular weight is 356 g/mol. The van der Waals surface area contributed by atoms with E-state index in [9.17, 15) is 4.79 Å². The molecule has 2 amide bonds. The molecule has 1 aliphatic heterocycles. The summed E-state index contributed by atoms with van der Waals surface area (Å²) in [6.45, 7) is 5.51. The van der Waals surface area contributed by atoms with Gasteiger partial charge in [-0.25, -0.2) is 4.79 Å². The monoisotopic (exact) mass is 355 g/mol. The lowest BCUT2D eigenvalue weighted by Gasteiger charge is -2.04. The largest absolute Gasteiger partial charge is 0.352 e. The van der Waals surface area contributed by atoms with E-state index in [1.807, 2.05) is 0 Å². The van der Waals surface area contributed by atoms with Crippen molar-refractivity contribution >= 4 is 6.03 Å². The fraction of sp³-hybridized carbons (Fsp3) is 0.952. The van der Waals surface area contributed by atoms with Crippen LogP contribution < -0.4 is 16.4 Å². The van der Waals surface area contributed by atoms with Gasteiger partial charge in [-0.1, -0.05) is 103 Å². The number of urea groups is 1. The van der Waals surface area contributed by atoms with Crippen LogP contribution in [0.1, 0.15) is 110 Å². The van der Waals surface area contributed by atoms with Crippen molar-refractivity contribution < 1.29 is 4.79 Å². The second-order valence-electron chi connectivity index (χ2n) is 7.34. The lowest BCUT2D eigenvalue weighted by molar-refractivity contribution is 0.248. The van der Waals surface area contributed by atoms with Crippen molar-refractivity contribution in [3.05, 3.63) is 0 Å². The minimum atomic E-state index is -0.402. The third kappa shape index (κ3) is 28.3. The Morgan fingerprint density at radius 2 is 1.04 bits per heavy atom. The third-order valence-electron chi connectivity index (χ3n) is 4.58. The first-order chi connectivity index (χ1) is 12.3. The molecule has 1 heterocycles. The van der Waals surface area contributed by atoms with Crippen LogP contribution in [0.15, 0.2) is 0 Å². The maximum atomic E-state index is 10.5. The summed E-state index contributed by atoms with van der Waals surface area (Å²) in [6.07, 6.45) is 21.9. The van der Waals surface area contributed by atoms with Crippen molar-refractivity contribution in [1.29, 1.82) is 0 Å². The van der Waals surface area contributed by atoms with Gasteiger partial charge in [-0.3, -0.25) is 0 Å². The Kier molecular flexibility index (Phi) is 20.6. The highest BCUT2D eigenvalue weighted by atomic mass is 16.2. The molecule has 1 rings (SSSR count). The van der Waals surface area contributed by atoms with Gasteiger partial charge in [-0.05, 0) is 6.42 Å². The minimum absolute atomic E-state index is 0.402. The smallest absolute Gasteiger partial charge is 0.312 e. The van der Waals surface area contributed by atoms with E-state index in [4.69, 9.17) is 5.73 Å². The standard InChI is InChI=1S/C19H40N2O.C2H5N/c1-2-3-4-5-6-7-8-9-10-11-12-13-14-15-16-17-18-21-19(20)22;1-2-3-1/h2-18H2,1H3,(H3,20,21,22);3H,1-2H2. The number of nitrogens with one attached hydrogen (secondary N) is 2. The van der Waals surface area contributed by atoms with Crippen LogP contribution in [-0.4, -0.2) is 25.7 Å². The molecule has 150 valence electrons. The minimum Gasteiger partial charge on any atom is -0.352 e. The lowest BCUT2D eigenvalue weighted by Crippen LogP contribution is -2.29. The number of carbonyl (C=O) groups excluding carboxylic acids is 1. The number of carbonyl (C=O) groups is 1. The van der Waals surface area contributed by atoms with Gasteiger partial charge in [0.25, 0.3) is 0 Å². The highest BCUT2D eigenvalue weighted by Gasteiger charge is 1.95. The molecule has 0 atom stereocenters. The van der Waals surface area contributed by atoms with Crippen molar-refractivity contribution in [2.45, 2.75) is 110 Å². The van der Waals surface area contributed by atoms with Crippen molar-refractivity contribution in [2.75, 3.05) is 19.6 Å². The van der Waals surface area contributed by atoms with Gasteiger partial charge in [0.1, 0.15) is 0 Å².